The van der Waals surface area contributed by atoms with Crippen molar-refractivity contribution in [3.05, 3.63) is 47.9 Å². The molecule has 3 aromatic rings. The maximum absolute atomic E-state index is 12.5. The van der Waals surface area contributed by atoms with Crippen LogP contribution in [0, 0.1) is 0 Å². The molecular weight excluding hydrogens is 324 g/mol. The van der Waals surface area contributed by atoms with Crippen LogP contribution >= 0.6 is 0 Å². The summed E-state index contributed by atoms with van der Waals surface area (Å²) in [5, 5.41) is 15.1. The highest BCUT2D eigenvalue weighted by atomic mass is 16.5. The number of nitrogens with one attached hydrogen (secondary N) is 1. The van der Waals surface area contributed by atoms with Crippen molar-refractivity contribution in [2.75, 3.05) is 11.9 Å². The fraction of sp³-hybridized carbons (Fsp3) is 0.333. The van der Waals surface area contributed by atoms with Crippen LogP contribution in [0.5, 0.6) is 0 Å². The molecule has 0 saturated carbocycles. The number of hydrogen-bond acceptors (Lipinski definition) is 8. The summed E-state index contributed by atoms with van der Waals surface area (Å²) in [7, 11) is 0. The van der Waals surface area contributed by atoms with Crippen LogP contribution in [0.1, 0.15) is 28.4 Å². The van der Waals surface area contributed by atoms with E-state index in [0.29, 0.717) is 32.1 Å². The van der Waals surface area contributed by atoms with Crippen molar-refractivity contribution in [2.24, 2.45) is 0 Å². The normalized spacial score (nSPS) is 14.0. The second-order valence-corrected chi connectivity index (χ2v) is 5.59. The summed E-state index contributed by atoms with van der Waals surface area (Å²) in [5.74, 6) is 0.572. The van der Waals surface area contributed by atoms with E-state index in [1.165, 1.54) is 6.20 Å². The number of anilines is 1. The minimum atomic E-state index is -0.183. The van der Waals surface area contributed by atoms with Crippen LogP contribution in [0.2, 0.25) is 0 Å². The molecule has 10 heteroatoms. The Morgan fingerprint density at radius 1 is 1.24 bits per heavy atom. The van der Waals surface area contributed by atoms with Gasteiger partial charge in [-0.15, -0.1) is 5.10 Å². The Balaban J connectivity index is 1.52. The lowest BCUT2D eigenvalue weighted by atomic mass is 10.2. The van der Waals surface area contributed by atoms with Gasteiger partial charge in [-0.2, -0.15) is 0 Å². The number of rotatable bonds is 4. The van der Waals surface area contributed by atoms with Crippen LogP contribution in [0.3, 0.4) is 0 Å². The summed E-state index contributed by atoms with van der Waals surface area (Å²) < 4.78 is 6.83. The highest BCUT2D eigenvalue weighted by molar-refractivity contribution is 5.91. The first-order valence-electron chi connectivity index (χ1n) is 7.93. The van der Waals surface area contributed by atoms with Gasteiger partial charge in [-0.1, -0.05) is 10.4 Å². The van der Waals surface area contributed by atoms with Gasteiger partial charge in [0.15, 0.2) is 0 Å². The molecule has 0 aromatic carbocycles. The maximum atomic E-state index is 12.5. The molecule has 0 saturated heterocycles. The molecule has 0 bridgehead atoms. The molecule has 0 atom stereocenters. The summed E-state index contributed by atoms with van der Waals surface area (Å²) in [6.07, 6.45) is 5.59. The number of nitrogens with zero attached hydrogens (tertiary/aromatic N) is 7. The molecule has 0 spiro atoms. The first kappa shape index (κ1) is 15.2. The Morgan fingerprint density at radius 3 is 2.92 bits per heavy atom. The average molecular weight is 340 g/mol. The second kappa shape index (κ2) is 6.67. The molecule has 4 heterocycles. The molecule has 0 aliphatic carbocycles. The third kappa shape index (κ3) is 3.18. The number of carbonyl (C=O) groups is 1. The number of amides is 1. The van der Waals surface area contributed by atoms with Gasteiger partial charge in [0.1, 0.15) is 5.69 Å². The molecule has 1 aliphatic heterocycles. The van der Waals surface area contributed by atoms with Crippen molar-refractivity contribution in [3.63, 3.8) is 0 Å². The largest absolute Gasteiger partial charge is 0.351 e. The fourth-order valence-electron chi connectivity index (χ4n) is 2.74. The number of aromatic nitrogens is 6. The van der Waals surface area contributed by atoms with Crippen LogP contribution < -0.4 is 5.32 Å². The standard InChI is InChI=1S/C15H16N8O2/c24-14(13-3-6-19-25-13)22-7-2-8-23-12(10-22)11(20-21-23)9-18-15-16-4-1-5-17-15/h1,3-6H,2,7-10H2,(H,16,17,18). The van der Waals surface area contributed by atoms with E-state index in [2.05, 4.69) is 30.8 Å². The zero-order valence-electron chi connectivity index (χ0n) is 13.4. The summed E-state index contributed by atoms with van der Waals surface area (Å²) in [4.78, 5) is 22.5. The van der Waals surface area contributed by atoms with Gasteiger partial charge in [-0.3, -0.25) is 4.79 Å². The Kier molecular flexibility index (Phi) is 4.07. The van der Waals surface area contributed by atoms with Crippen LogP contribution in [0.25, 0.3) is 0 Å². The third-order valence-corrected chi connectivity index (χ3v) is 3.97. The summed E-state index contributed by atoms with van der Waals surface area (Å²) in [6.45, 7) is 2.19. The Morgan fingerprint density at radius 2 is 2.12 bits per heavy atom. The van der Waals surface area contributed by atoms with Gasteiger partial charge < -0.3 is 14.7 Å². The first-order valence-corrected chi connectivity index (χ1v) is 7.93. The van der Waals surface area contributed by atoms with Crippen molar-refractivity contribution in [3.8, 4) is 0 Å². The summed E-state index contributed by atoms with van der Waals surface area (Å²) in [6, 6.07) is 3.32. The predicted octanol–water partition coefficient (Wildman–Crippen LogP) is 0.714. The van der Waals surface area contributed by atoms with E-state index in [4.69, 9.17) is 4.52 Å². The molecule has 10 nitrogen and oxygen atoms in total. The molecule has 128 valence electrons. The van der Waals surface area contributed by atoms with Crippen molar-refractivity contribution < 1.29 is 9.32 Å². The molecule has 3 aromatic heterocycles. The summed E-state index contributed by atoms with van der Waals surface area (Å²) in [5.41, 5.74) is 1.67. The molecule has 1 amide bonds. The van der Waals surface area contributed by atoms with E-state index in [0.717, 1.165) is 17.8 Å². The lowest BCUT2D eigenvalue weighted by molar-refractivity contribution is 0.0703. The molecule has 1 aliphatic rings. The lowest BCUT2D eigenvalue weighted by Crippen LogP contribution is -2.30. The molecule has 1 N–H and O–H groups in total. The van der Waals surface area contributed by atoms with Gasteiger partial charge in [-0.05, 0) is 12.5 Å². The van der Waals surface area contributed by atoms with E-state index < -0.39 is 0 Å². The number of fused-ring (bicyclic) bond motifs is 1. The van der Waals surface area contributed by atoms with Crippen LogP contribution in [0.15, 0.2) is 35.2 Å². The van der Waals surface area contributed by atoms with E-state index in [1.54, 1.807) is 29.4 Å². The first-order chi connectivity index (χ1) is 12.3. The molecule has 0 unspecified atom stereocenters. The third-order valence-electron chi connectivity index (χ3n) is 3.97. The van der Waals surface area contributed by atoms with Gasteiger partial charge in [0, 0.05) is 31.5 Å². The van der Waals surface area contributed by atoms with E-state index in [1.807, 2.05) is 4.68 Å². The van der Waals surface area contributed by atoms with Crippen molar-refractivity contribution >= 4 is 11.9 Å². The molecule has 25 heavy (non-hydrogen) atoms. The minimum absolute atomic E-state index is 0.183. The molecular formula is C15H16N8O2. The van der Waals surface area contributed by atoms with Gasteiger partial charge in [0.25, 0.3) is 5.91 Å². The van der Waals surface area contributed by atoms with E-state index in [-0.39, 0.29) is 11.7 Å². The predicted molar refractivity (Wildman–Crippen MR) is 85.2 cm³/mol. The monoisotopic (exact) mass is 340 g/mol. The zero-order chi connectivity index (χ0) is 17.1. The Bertz CT molecular complexity index is 846. The molecule has 0 radical (unpaired) electrons. The quantitative estimate of drug-likeness (QED) is 0.738. The van der Waals surface area contributed by atoms with Crippen molar-refractivity contribution in [1.82, 2.24) is 35.0 Å². The van der Waals surface area contributed by atoms with Crippen LogP contribution in [-0.2, 0) is 19.6 Å². The SMILES string of the molecule is O=C(c1ccno1)N1CCCn2nnc(CNc3ncccn3)c2C1. The zero-order valence-corrected chi connectivity index (χ0v) is 13.4. The fourth-order valence-corrected chi connectivity index (χ4v) is 2.74. The van der Waals surface area contributed by atoms with E-state index >= 15 is 0 Å². The van der Waals surface area contributed by atoms with Gasteiger partial charge in [-0.25, -0.2) is 14.6 Å². The Hall–Kier alpha value is -3.30. The molecule has 4 rings (SSSR count). The van der Waals surface area contributed by atoms with E-state index in [9.17, 15) is 4.79 Å². The molecule has 0 fully saturated rings. The van der Waals surface area contributed by atoms with Crippen molar-refractivity contribution in [1.29, 1.82) is 0 Å². The topological polar surface area (TPSA) is 115 Å². The van der Waals surface area contributed by atoms with Gasteiger partial charge in [0.05, 0.1) is 25.0 Å². The number of aryl methyl sites for hydroxylation is 1. The van der Waals surface area contributed by atoms with Crippen LogP contribution in [0.4, 0.5) is 5.95 Å². The van der Waals surface area contributed by atoms with Gasteiger partial charge in [0.2, 0.25) is 11.7 Å². The highest BCUT2D eigenvalue weighted by Crippen LogP contribution is 2.17. The minimum Gasteiger partial charge on any atom is -0.351 e. The highest BCUT2D eigenvalue weighted by Gasteiger charge is 2.25. The second-order valence-electron chi connectivity index (χ2n) is 5.59. The smallest absolute Gasteiger partial charge is 0.292 e. The summed E-state index contributed by atoms with van der Waals surface area (Å²) >= 11 is 0. The maximum Gasteiger partial charge on any atom is 0.292 e. The van der Waals surface area contributed by atoms with Gasteiger partial charge >= 0.3 is 0 Å². The Labute approximate surface area is 142 Å². The number of carbonyl (C=O) groups excluding carboxylic acids is 1. The lowest BCUT2D eigenvalue weighted by Gasteiger charge is -2.18. The average Bonchev–Trinajstić information content (AvgIpc) is 3.26. The number of hydrogen-bond donors (Lipinski definition) is 1. The van der Waals surface area contributed by atoms with Crippen LogP contribution in [-0.4, -0.2) is 47.5 Å². The van der Waals surface area contributed by atoms with Crippen molar-refractivity contribution in [2.45, 2.75) is 26.1 Å².